The van der Waals surface area contributed by atoms with E-state index >= 15 is 0 Å². The summed E-state index contributed by atoms with van der Waals surface area (Å²) < 4.78 is 0. The topological polar surface area (TPSA) is 33.1 Å². The third-order valence-corrected chi connectivity index (χ3v) is 3.46. The first-order valence-electron chi connectivity index (χ1n) is 3.90. The zero-order valence-corrected chi connectivity index (χ0v) is 8.73. The molecule has 2 nitrogen and oxygen atoms in total. The molecule has 0 aliphatic heterocycles. The third-order valence-electron chi connectivity index (χ3n) is 1.75. The van der Waals surface area contributed by atoms with Crippen LogP contribution in [0.5, 0.6) is 0 Å². The number of hydrogen-bond donors (Lipinski definition) is 1. The Morgan fingerprint density at radius 1 is 1.46 bits per heavy atom. The molecular weight excluding hydrogens is 202 g/mol. The average molecular weight is 211 g/mol. The molecule has 0 radical (unpaired) electrons. The number of thiazole rings is 1. The molecule has 0 spiro atoms. The van der Waals surface area contributed by atoms with Crippen LogP contribution < -0.4 is 0 Å². The van der Waals surface area contributed by atoms with E-state index in [0.717, 1.165) is 10.6 Å². The zero-order chi connectivity index (χ0) is 9.26. The van der Waals surface area contributed by atoms with Gasteiger partial charge in [0.2, 0.25) is 0 Å². The molecular formula is C9H9NOS2. The summed E-state index contributed by atoms with van der Waals surface area (Å²) in [7, 11) is 0. The molecule has 2 aromatic heterocycles. The fraction of sp³-hybridized carbons (Fsp3) is 0.222. The highest BCUT2D eigenvalue weighted by Gasteiger charge is 2.13. The van der Waals surface area contributed by atoms with Crippen LogP contribution in [0.15, 0.2) is 23.0 Å². The Hall–Kier alpha value is -0.710. The Labute approximate surface area is 84.5 Å². The molecule has 2 rings (SSSR count). The van der Waals surface area contributed by atoms with Crippen molar-refractivity contribution in [3.05, 3.63) is 38.5 Å². The zero-order valence-electron chi connectivity index (χ0n) is 7.10. The lowest BCUT2D eigenvalue weighted by Crippen LogP contribution is -1.96. The summed E-state index contributed by atoms with van der Waals surface area (Å²) in [5.41, 5.74) is 0.942. The van der Waals surface area contributed by atoms with E-state index in [9.17, 15) is 5.11 Å². The molecule has 0 aliphatic rings. The Morgan fingerprint density at radius 3 is 2.85 bits per heavy atom. The van der Waals surface area contributed by atoms with Crippen LogP contribution in [0, 0.1) is 6.92 Å². The Bertz CT molecular complexity index is 380. The number of aromatic nitrogens is 1. The van der Waals surface area contributed by atoms with Gasteiger partial charge in [0.05, 0.1) is 0 Å². The normalized spacial score (nSPS) is 13.1. The van der Waals surface area contributed by atoms with Gasteiger partial charge in [-0.15, -0.1) is 22.7 Å². The lowest BCUT2D eigenvalue weighted by atomic mass is 10.2. The minimum absolute atomic E-state index is 0.551. The number of rotatable bonds is 2. The van der Waals surface area contributed by atoms with Crippen molar-refractivity contribution in [2.24, 2.45) is 0 Å². The molecule has 0 amide bonds. The van der Waals surface area contributed by atoms with Crippen LogP contribution in [0.1, 0.15) is 21.6 Å². The van der Waals surface area contributed by atoms with E-state index in [-0.39, 0.29) is 0 Å². The van der Waals surface area contributed by atoms with E-state index in [2.05, 4.69) is 4.98 Å². The van der Waals surface area contributed by atoms with Crippen LogP contribution in [0.2, 0.25) is 0 Å². The Balaban J connectivity index is 2.28. The minimum Gasteiger partial charge on any atom is -0.381 e. The van der Waals surface area contributed by atoms with Crippen LogP contribution >= 0.6 is 22.7 Å². The molecule has 1 atom stereocenters. The van der Waals surface area contributed by atoms with Gasteiger partial charge < -0.3 is 5.11 Å². The van der Waals surface area contributed by atoms with E-state index in [4.69, 9.17) is 0 Å². The maximum atomic E-state index is 9.85. The standard InChI is InChI=1S/C9H9NOS2/c1-6-4-7(5-13-6)8(11)9-10-2-3-12-9/h2-5,8,11H,1H3. The number of hydrogen-bond acceptors (Lipinski definition) is 4. The molecule has 0 saturated heterocycles. The maximum Gasteiger partial charge on any atom is 0.131 e. The van der Waals surface area contributed by atoms with Crippen molar-refractivity contribution < 1.29 is 5.11 Å². The summed E-state index contributed by atoms with van der Waals surface area (Å²) in [5.74, 6) is 0. The molecule has 0 fully saturated rings. The molecule has 1 N–H and O–H groups in total. The fourth-order valence-electron chi connectivity index (χ4n) is 1.12. The largest absolute Gasteiger partial charge is 0.381 e. The molecule has 68 valence electrons. The predicted octanol–water partition coefficient (Wildman–Crippen LogP) is 2.59. The minimum atomic E-state index is -0.551. The molecule has 0 aliphatic carbocycles. The molecule has 1 unspecified atom stereocenters. The SMILES string of the molecule is Cc1cc(C(O)c2nccs2)cs1. The monoisotopic (exact) mass is 211 g/mol. The highest BCUT2D eigenvalue weighted by molar-refractivity contribution is 7.10. The van der Waals surface area contributed by atoms with Crippen LogP contribution in [0.3, 0.4) is 0 Å². The summed E-state index contributed by atoms with van der Waals surface area (Å²) in [4.78, 5) is 5.29. The summed E-state index contributed by atoms with van der Waals surface area (Å²) in [6.45, 7) is 2.03. The van der Waals surface area contributed by atoms with Gasteiger partial charge in [0.25, 0.3) is 0 Å². The highest BCUT2D eigenvalue weighted by Crippen LogP contribution is 2.26. The van der Waals surface area contributed by atoms with Crippen molar-refractivity contribution >= 4 is 22.7 Å². The van der Waals surface area contributed by atoms with Crippen molar-refractivity contribution in [3.8, 4) is 0 Å². The molecule has 2 heterocycles. The first kappa shape index (κ1) is 8.87. The quantitative estimate of drug-likeness (QED) is 0.828. The van der Waals surface area contributed by atoms with Crippen molar-refractivity contribution in [1.29, 1.82) is 0 Å². The predicted molar refractivity (Wildman–Crippen MR) is 55.2 cm³/mol. The van der Waals surface area contributed by atoms with E-state index in [0.29, 0.717) is 0 Å². The second-order valence-corrected chi connectivity index (χ2v) is 4.81. The van der Waals surface area contributed by atoms with Gasteiger partial charge in [0, 0.05) is 16.5 Å². The van der Waals surface area contributed by atoms with Gasteiger partial charge in [-0.1, -0.05) is 0 Å². The van der Waals surface area contributed by atoms with Gasteiger partial charge in [-0.25, -0.2) is 4.98 Å². The number of nitrogens with zero attached hydrogens (tertiary/aromatic N) is 1. The number of aliphatic hydroxyl groups is 1. The van der Waals surface area contributed by atoms with Crippen LogP contribution in [-0.4, -0.2) is 10.1 Å². The van der Waals surface area contributed by atoms with Gasteiger partial charge >= 0.3 is 0 Å². The fourth-order valence-corrected chi connectivity index (χ4v) is 2.49. The molecule has 13 heavy (non-hydrogen) atoms. The molecule has 0 bridgehead atoms. The molecule has 0 saturated carbocycles. The molecule has 4 heteroatoms. The Kier molecular flexibility index (Phi) is 2.44. The Morgan fingerprint density at radius 2 is 2.31 bits per heavy atom. The highest BCUT2D eigenvalue weighted by atomic mass is 32.1. The van der Waals surface area contributed by atoms with Gasteiger partial charge in [-0.05, 0) is 23.9 Å². The number of aryl methyl sites for hydroxylation is 1. The maximum absolute atomic E-state index is 9.85. The molecule has 0 aromatic carbocycles. The second-order valence-electron chi connectivity index (χ2n) is 2.76. The van der Waals surface area contributed by atoms with Crippen LogP contribution in [-0.2, 0) is 0 Å². The smallest absolute Gasteiger partial charge is 0.131 e. The van der Waals surface area contributed by atoms with Crippen molar-refractivity contribution in [1.82, 2.24) is 4.98 Å². The van der Waals surface area contributed by atoms with Gasteiger partial charge in [-0.3, -0.25) is 0 Å². The van der Waals surface area contributed by atoms with E-state index in [1.54, 1.807) is 17.5 Å². The van der Waals surface area contributed by atoms with Crippen molar-refractivity contribution in [3.63, 3.8) is 0 Å². The van der Waals surface area contributed by atoms with Crippen LogP contribution in [0.4, 0.5) is 0 Å². The first-order valence-corrected chi connectivity index (χ1v) is 5.66. The van der Waals surface area contributed by atoms with E-state index in [1.165, 1.54) is 16.2 Å². The van der Waals surface area contributed by atoms with Crippen LogP contribution in [0.25, 0.3) is 0 Å². The lowest BCUT2D eigenvalue weighted by Gasteiger charge is -2.03. The van der Waals surface area contributed by atoms with Crippen molar-refractivity contribution in [2.45, 2.75) is 13.0 Å². The summed E-state index contributed by atoms with van der Waals surface area (Å²) >= 11 is 3.13. The average Bonchev–Trinajstić information content (AvgIpc) is 2.72. The lowest BCUT2D eigenvalue weighted by molar-refractivity contribution is 0.220. The van der Waals surface area contributed by atoms with Gasteiger partial charge in [0.1, 0.15) is 11.1 Å². The number of thiophene rings is 1. The van der Waals surface area contributed by atoms with E-state index in [1.807, 2.05) is 23.8 Å². The summed E-state index contributed by atoms with van der Waals surface area (Å²) in [6, 6.07) is 2.00. The molecule has 2 aromatic rings. The summed E-state index contributed by atoms with van der Waals surface area (Å²) in [6.07, 6.45) is 1.16. The second kappa shape index (κ2) is 3.57. The van der Waals surface area contributed by atoms with E-state index < -0.39 is 6.10 Å². The number of aliphatic hydroxyl groups excluding tert-OH is 1. The van der Waals surface area contributed by atoms with Crippen molar-refractivity contribution in [2.75, 3.05) is 0 Å². The third kappa shape index (κ3) is 1.80. The summed E-state index contributed by atoms with van der Waals surface area (Å²) in [5, 5.41) is 14.5. The first-order chi connectivity index (χ1) is 6.27. The van der Waals surface area contributed by atoms with Gasteiger partial charge in [0.15, 0.2) is 0 Å². The van der Waals surface area contributed by atoms with Gasteiger partial charge in [-0.2, -0.15) is 0 Å².